The van der Waals surface area contributed by atoms with Crippen LogP contribution in [0.5, 0.6) is 0 Å². The van der Waals surface area contributed by atoms with Crippen LogP contribution in [0.4, 0.5) is 0 Å². The van der Waals surface area contributed by atoms with E-state index in [1.54, 1.807) is 0 Å². The molecule has 0 spiro atoms. The molecule has 0 aliphatic heterocycles. The van der Waals surface area contributed by atoms with Crippen molar-refractivity contribution in [3.63, 3.8) is 0 Å². The molecule has 0 aliphatic carbocycles. The van der Waals surface area contributed by atoms with Gasteiger partial charge >= 0.3 is 0 Å². The molecule has 0 saturated heterocycles. The van der Waals surface area contributed by atoms with Gasteiger partial charge in [0.05, 0.1) is 12.6 Å². The molecule has 86 valence electrons. The van der Waals surface area contributed by atoms with Gasteiger partial charge in [-0.3, -0.25) is 4.79 Å². The molecule has 0 fully saturated rings. The van der Waals surface area contributed by atoms with Crippen molar-refractivity contribution in [2.45, 2.75) is 39.7 Å². The summed E-state index contributed by atoms with van der Waals surface area (Å²) in [4.78, 5) is 11.4. The van der Waals surface area contributed by atoms with Gasteiger partial charge in [0.15, 0.2) is 0 Å². The van der Waals surface area contributed by atoms with E-state index in [9.17, 15) is 4.79 Å². The first-order chi connectivity index (χ1) is 7.07. The first-order valence-corrected chi connectivity index (χ1v) is 5.52. The molecule has 3 heteroatoms. The molecule has 1 amide bonds. The maximum Gasteiger partial charge on any atom is 0.237 e. The summed E-state index contributed by atoms with van der Waals surface area (Å²) < 4.78 is 0. The number of amides is 1. The highest BCUT2D eigenvalue weighted by Crippen LogP contribution is 2.01. The molecule has 0 bridgehead atoms. The van der Waals surface area contributed by atoms with Gasteiger partial charge in [-0.25, -0.2) is 0 Å². The van der Waals surface area contributed by atoms with Gasteiger partial charge in [0, 0.05) is 0 Å². The highest BCUT2D eigenvalue weighted by atomic mass is 16.2. The van der Waals surface area contributed by atoms with E-state index in [2.05, 4.69) is 30.4 Å². The summed E-state index contributed by atoms with van der Waals surface area (Å²) in [5.41, 5.74) is 0. The Morgan fingerprint density at radius 2 is 2.07 bits per heavy atom. The van der Waals surface area contributed by atoms with Crippen molar-refractivity contribution in [3.05, 3.63) is 0 Å². The predicted octanol–water partition coefficient (Wildman–Crippen LogP) is 1.15. The first-order valence-electron chi connectivity index (χ1n) is 5.52. The van der Waals surface area contributed by atoms with Gasteiger partial charge in [-0.15, -0.1) is 6.42 Å². The summed E-state index contributed by atoms with van der Waals surface area (Å²) >= 11 is 0. The Morgan fingerprint density at radius 3 is 2.60 bits per heavy atom. The van der Waals surface area contributed by atoms with Crippen LogP contribution < -0.4 is 10.6 Å². The molecule has 2 N–H and O–H groups in total. The monoisotopic (exact) mass is 210 g/mol. The van der Waals surface area contributed by atoms with Crippen LogP contribution in [-0.2, 0) is 4.79 Å². The first kappa shape index (κ1) is 14.0. The van der Waals surface area contributed by atoms with Crippen LogP contribution in [0.1, 0.15) is 33.6 Å². The Bertz CT molecular complexity index is 218. The molecule has 1 unspecified atom stereocenters. The lowest BCUT2D eigenvalue weighted by atomic mass is 10.1. The van der Waals surface area contributed by atoms with E-state index in [0.717, 1.165) is 18.9 Å². The van der Waals surface area contributed by atoms with E-state index in [0.29, 0.717) is 6.54 Å². The largest absolute Gasteiger partial charge is 0.344 e. The third-order valence-electron chi connectivity index (χ3n) is 2.17. The number of nitrogens with one attached hydrogen (secondary N) is 2. The summed E-state index contributed by atoms with van der Waals surface area (Å²) in [7, 11) is 0. The zero-order chi connectivity index (χ0) is 11.7. The summed E-state index contributed by atoms with van der Waals surface area (Å²) in [5, 5.41) is 5.81. The number of carbonyl (C=O) groups is 1. The molecule has 0 aliphatic rings. The molecule has 0 aromatic rings. The van der Waals surface area contributed by atoms with Crippen molar-refractivity contribution in [1.82, 2.24) is 10.6 Å². The maximum absolute atomic E-state index is 11.4. The molecule has 0 aromatic carbocycles. The fourth-order valence-corrected chi connectivity index (χ4v) is 1.21. The van der Waals surface area contributed by atoms with Crippen LogP contribution in [-0.4, -0.2) is 25.0 Å². The Labute approximate surface area is 93.0 Å². The standard InChI is InChI=1S/C12H22N2O/c1-5-8-14-12(15)11(4)13-9-6-7-10(2)3/h1,10-11,13H,6-9H2,2-4H3,(H,14,15). The zero-order valence-corrected chi connectivity index (χ0v) is 9.97. The smallest absolute Gasteiger partial charge is 0.237 e. The average Bonchev–Trinajstić information content (AvgIpc) is 2.20. The molecule has 15 heavy (non-hydrogen) atoms. The second kappa shape index (κ2) is 8.31. The topological polar surface area (TPSA) is 41.1 Å². The van der Waals surface area contributed by atoms with Gasteiger partial charge in [-0.1, -0.05) is 19.8 Å². The SMILES string of the molecule is C#CCNC(=O)C(C)NCCCC(C)C. The molecular weight excluding hydrogens is 188 g/mol. The number of carbonyl (C=O) groups excluding carboxylic acids is 1. The van der Waals surface area contributed by atoms with E-state index in [4.69, 9.17) is 6.42 Å². The van der Waals surface area contributed by atoms with Crippen molar-refractivity contribution in [2.75, 3.05) is 13.1 Å². The minimum absolute atomic E-state index is 0.0301. The number of hydrogen-bond acceptors (Lipinski definition) is 2. The van der Waals surface area contributed by atoms with E-state index in [1.165, 1.54) is 6.42 Å². The third-order valence-corrected chi connectivity index (χ3v) is 2.17. The fourth-order valence-electron chi connectivity index (χ4n) is 1.21. The van der Waals surface area contributed by atoms with Crippen LogP contribution >= 0.6 is 0 Å². The molecule has 0 aromatic heterocycles. The van der Waals surface area contributed by atoms with Crippen molar-refractivity contribution < 1.29 is 4.79 Å². The highest BCUT2D eigenvalue weighted by molar-refractivity contribution is 5.81. The third kappa shape index (κ3) is 8.02. The lowest BCUT2D eigenvalue weighted by molar-refractivity contribution is -0.122. The molecule has 1 atom stereocenters. The average molecular weight is 210 g/mol. The minimum Gasteiger partial charge on any atom is -0.344 e. The number of hydrogen-bond donors (Lipinski definition) is 2. The zero-order valence-electron chi connectivity index (χ0n) is 9.97. The fraction of sp³-hybridized carbons (Fsp3) is 0.750. The van der Waals surface area contributed by atoms with Gasteiger partial charge < -0.3 is 10.6 Å². The summed E-state index contributed by atoms with van der Waals surface area (Å²) in [6.07, 6.45) is 7.33. The summed E-state index contributed by atoms with van der Waals surface area (Å²) in [6, 6.07) is -0.162. The van der Waals surface area contributed by atoms with Gasteiger partial charge in [0.25, 0.3) is 0 Å². The van der Waals surface area contributed by atoms with Crippen LogP contribution in [0.15, 0.2) is 0 Å². The van der Waals surface area contributed by atoms with Crippen LogP contribution in [0.3, 0.4) is 0 Å². The quantitative estimate of drug-likeness (QED) is 0.489. The molecule has 0 saturated carbocycles. The summed E-state index contributed by atoms with van der Waals surface area (Å²) in [6.45, 7) is 7.42. The van der Waals surface area contributed by atoms with Gasteiger partial charge in [-0.2, -0.15) is 0 Å². The van der Waals surface area contributed by atoms with Crippen molar-refractivity contribution >= 4 is 5.91 Å². The Hall–Kier alpha value is -1.01. The Kier molecular flexibility index (Phi) is 7.75. The molecular formula is C12H22N2O. The highest BCUT2D eigenvalue weighted by Gasteiger charge is 2.09. The maximum atomic E-state index is 11.4. The van der Waals surface area contributed by atoms with Crippen LogP contribution in [0.2, 0.25) is 0 Å². The second-order valence-corrected chi connectivity index (χ2v) is 4.13. The number of rotatable bonds is 7. The van der Waals surface area contributed by atoms with Crippen LogP contribution in [0.25, 0.3) is 0 Å². The van der Waals surface area contributed by atoms with Gasteiger partial charge in [0.1, 0.15) is 0 Å². The van der Waals surface area contributed by atoms with Crippen molar-refractivity contribution in [2.24, 2.45) is 5.92 Å². The minimum atomic E-state index is -0.162. The molecule has 0 rings (SSSR count). The van der Waals surface area contributed by atoms with Gasteiger partial charge in [0.2, 0.25) is 5.91 Å². The number of terminal acetylenes is 1. The lowest BCUT2D eigenvalue weighted by Crippen LogP contribution is -2.42. The van der Waals surface area contributed by atoms with E-state index >= 15 is 0 Å². The molecule has 0 heterocycles. The normalized spacial score (nSPS) is 12.2. The Morgan fingerprint density at radius 1 is 1.40 bits per heavy atom. The van der Waals surface area contributed by atoms with Gasteiger partial charge in [-0.05, 0) is 32.2 Å². The van der Waals surface area contributed by atoms with E-state index in [-0.39, 0.29) is 11.9 Å². The van der Waals surface area contributed by atoms with E-state index < -0.39 is 0 Å². The summed E-state index contributed by atoms with van der Waals surface area (Å²) in [5.74, 6) is 3.07. The van der Waals surface area contributed by atoms with E-state index in [1.807, 2.05) is 6.92 Å². The Balaban J connectivity index is 3.52. The lowest BCUT2D eigenvalue weighted by Gasteiger charge is -2.13. The van der Waals surface area contributed by atoms with Crippen molar-refractivity contribution in [1.29, 1.82) is 0 Å². The molecule has 3 nitrogen and oxygen atoms in total. The molecule has 0 radical (unpaired) electrons. The predicted molar refractivity (Wildman–Crippen MR) is 63.4 cm³/mol. The van der Waals surface area contributed by atoms with Crippen LogP contribution in [0, 0.1) is 18.3 Å². The van der Waals surface area contributed by atoms with Crippen molar-refractivity contribution in [3.8, 4) is 12.3 Å². The second-order valence-electron chi connectivity index (χ2n) is 4.13.